The third-order valence-electron chi connectivity index (χ3n) is 4.38. The molecule has 2 aromatic carbocycles. The molecule has 2 rings (SSSR count). The molecule has 0 aromatic heterocycles. The lowest BCUT2D eigenvalue weighted by molar-refractivity contribution is -0.142. The van der Waals surface area contributed by atoms with Gasteiger partial charge in [0, 0.05) is 26.2 Å². The summed E-state index contributed by atoms with van der Waals surface area (Å²) in [7, 11) is -0.732. The van der Waals surface area contributed by atoms with Crippen LogP contribution in [0.4, 0.5) is 0 Å². The molecule has 1 unspecified atom stereocenters. The standard InChI is InChI=1S/C19H22N2O5S/c1-19(18(23)24,15-7-5-4-6-8-15)13-20-17(22)14-9-11-16(12-10-14)27(25,26)21(2)3/h4-12H,13H2,1-3H3,(H,20,22)(H,23,24). The summed E-state index contributed by atoms with van der Waals surface area (Å²) >= 11 is 0. The van der Waals surface area contributed by atoms with Gasteiger partial charge in [-0.25, -0.2) is 12.7 Å². The van der Waals surface area contributed by atoms with E-state index in [1.165, 1.54) is 45.3 Å². The lowest BCUT2D eigenvalue weighted by Gasteiger charge is -2.25. The van der Waals surface area contributed by atoms with Crippen molar-refractivity contribution in [2.24, 2.45) is 0 Å². The topological polar surface area (TPSA) is 104 Å². The van der Waals surface area contributed by atoms with Crippen molar-refractivity contribution in [3.05, 3.63) is 65.7 Å². The highest BCUT2D eigenvalue weighted by Gasteiger charge is 2.35. The van der Waals surface area contributed by atoms with Gasteiger partial charge in [0.25, 0.3) is 5.91 Å². The summed E-state index contributed by atoms with van der Waals surface area (Å²) < 4.78 is 25.2. The number of nitrogens with one attached hydrogen (secondary N) is 1. The van der Waals surface area contributed by atoms with Crippen LogP contribution in [-0.2, 0) is 20.2 Å². The van der Waals surface area contributed by atoms with E-state index in [1.807, 2.05) is 0 Å². The van der Waals surface area contributed by atoms with E-state index in [0.29, 0.717) is 5.56 Å². The van der Waals surface area contributed by atoms with E-state index in [1.54, 1.807) is 30.3 Å². The van der Waals surface area contributed by atoms with E-state index in [2.05, 4.69) is 5.32 Å². The number of benzene rings is 2. The molecule has 0 fully saturated rings. The molecule has 27 heavy (non-hydrogen) atoms. The van der Waals surface area contributed by atoms with Gasteiger partial charge < -0.3 is 10.4 Å². The third-order valence-corrected chi connectivity index (χ3v) is 6.21. The van der Waals surface area contributed by atoms with Crippen molar-refractivity contribution in [2.75, 3.05) is 20.6 Å². The summed E-state index contributed by atoms with van der Waals surface area (Å²) in [4.78, 5) is 24.2. The predicted molar refractivity (Wildman–Crippen MR) is 101 cm³/mol. The summed E-state index contributed by atoms with van der Waals surface area (Å²) in [6, 6.07) is 14.1. The van der Waals surface area contributed by atoms with Gasteiger partial charge >= 0.3 is 5.97 Å². The Balaban J connectivity index is 2.16. The van der Waals surface area contributed by atoms with Crippen LogP contribution in [0.15, 0.2) is 59.5 Å². The average Bonchev–Trinajstić information content (AvgIpc) is 2.66. The molecule has 0 spiro atoms. The number of aliphatic carboxylic acids is 1. The molecule has 2 N–H and O–H groups in total. The van der Waals surface area contributed by atoms with Gasteiger partial charge in [-0.1, -0.05) is 30.3 Å². The summed E-state index contributed by atoms with van der Waals surface area (Å²) in [5, 5.41) is 12.2. The number of rotatable bonds is 7. The zero-order valence-corrected chi connectivity index (χ0v) is 16.2. The highest BCUT2D eigenvalue weighted by atomic mass is 32.2. The smallest absolute Gasteiger partial charge is 0.315 e. The van der Waals surface area contributed by atoms with Crippen molar-refractivity contribution in [1.82, 2.24) is 9.62 Å². The van der Waals surface area contributed by atoms with Crippen molar-refractivity contribution in [3.8, 4) is 0 Å². The van der Waals surface area contributed by atoms with Gasteiger partial charge in [-0.3, -0.25) is 9.59 Å². The number of nitrogens with zero attached hydrogens (tertiary/aromatic N) is 1. The van der Waals surface area contributed by atoms with Gasteiger partial charge in [-0.2, -0.15) is 0 Å². The molecular weight excluding hydrogens is 368 g/mol. The molecule has 0 aliphatic rings. The predicted octanol–water partition coefficient (Wildman–Crippen LogP) is 1.71. The van der Waals surface area contributed by atoms with Crippen LogP contribution < -0.4 is 5.32 Å². The minimum atomic E-state index is -3.58. The summed E-state index contributed by atoms with van der Waals surface area (Å²) in [6.07, 6.45) is 0. The highest BCUT2D eigenvalue weighted by Crippen LogP contribution is 2.23. The van der Waals surface area contributed by atoms with Gasteiger partial charge in [0.05, 0.1) is 4.90 Å². The average molecular weight is 390 g/mol. The number of sulfonamides is 1. The maximum Gasteiger partial charge on any atom is 0.315 e. The van der Waals surface area contributed by atoms with Crippen LogP contribution in [0.25, 0.3) is 0 Å². The maximum absolute atomic E-state index is 12.4. The molecule has 7 nitrogen and oxygen atoms in total. The fourth-order valence-electron chi connectivity index (χ4n) is 2.46. The summed E-state index contributed by atoms with van der Waals surface area (Å²) in [5.74, 6) is -1.53. The molecule has 0 heterocycles. The summed E-state index contributed by atoms with van der Waals surface area (Å²) in [5.41, 5.74) is -0.468. The molecule has 0 bridgehead atoms. The van der Waals surface area contributed by atoms with Crippen LogP contribution >= 0.6 is 0 Å². The molecule has 0 radical (unpaired) electrons. The van der Waals surface area contributed by atoms with Crippen LogP contribution in [0.5, 0.6) is 0 Å². The minimum Gasteiger partial charge on any atom is -0.481 e. The Morgan fingerprint density at radius 1 is 1.04 bits per heavy atom. The molecule has 2 aromatic rings. The number of amides is 1. The molecule has 8 heteroatoms. The van der Waals surface area contributed by atoms with Crippen LogP contribution in [0, 0.1) is 0 Å². The van der Waals surface area contributed by atoms with Gasteiger partial charge in [0.15, 0.2) is 0 Å². The Kier molecular flexibility index (Phi) is 6.02. The van der Waals surface area contributed by atoms with E-state index < -0.39 is 27.3 Å². The monoisotopic (exact) mass is 390 g/mol. The van der Waals surface area contributed by atoms with Crippen LogP contribution in [0.1, 0.15) is 22.8 Å². The molecule has 144 valence electrons. The van der Waals surface area contributed by atoms with Gasteiger partial charge in [-0.05, 0) is 36.8 Å². The first-order valence-corrected chi connectivity index (χ1v) is 9.63. The second kappa shape index (κ2) is 7.89. The van der Waals surface area contributed by atoms with Crippen LogP contribution in [0.2, 0.25) is 0 Å². The van der Waals surface area contributed by atoms with Crippen molar-refractivity contribution < 1.29 is 23.1 Å². The van der Waals surface area contributed by atoms with Crippen LogP contribution in [-0.4, -0.2) is 50.3 Å². The fraction of sp³-hybridized carbons (Fsp3) is 0.263. The second-order valence-electron chi connectivity index (χ2n) is 6.50. The second-order valence-corrected chi connectivity index (χ2v) is 8.65. The van der Waals surface area contributed by atoms with Crippen LogP contribution in [0.3, 0.4) is 0 Å². The molecule has 1 atom stereocenters. The molecule has 1 amide bonds. The Morgan fingerprint density at radius 3 is 2.07 bits per heavy atom. The number of carbonyl (C=O) groups is 2. The fourth-order valence-corrected chi connectivity index (χ4v) is 3.36. The Labute approximate surface area is 158 Å². The lowest BCUT2D eigenvalue weighted by Crippen LogP contribution is -2.44. The Bertz CT molecular complexity index is 924. The minimum absolute atomic E-state index is 0.0729. The van der Waals surface area contributed by atoms with Gasteiger partial charge in [0.1, 0.15) is 5.41 Å². The molecule has 0 aliphatic heterocycles. The Hall–Kier alpha value is -2.71. The van der Waals surface area contributed by atoms with Crippen molar-refractivity contribution in [3.63, 3.8) is 0 Å². The first-order valence-electron chi connectivity index (χ1n) is 8.19. The van der Waals surface area contributed by atoms with Gasteiger partial charge in [0.2, 0.25) is 10.0 Å². The molecule has 0 saturated carbocycles. The summed E-state index contributed by atoms with van der Waals surface area (Å²) in [6.45, 7) is 1.43. The number of carbonyl (C=O) groups excluding carboxylic acids is 1. The first kappa shape index (κ1) is 20.6. The number of carboxylic acids is 1. The van der Waals surface area contributed by atoms with E-state index in [0.717, 1.165) is 4.31 Å². The SMILES string of the molecule is CN(C)S(=O)(=O)c1ccc(C(=O)NCC(C)(C(=O)O)c2ccccc2)cc1. The first-order chi connectivity index (χ1) is 12.6. The lowest BCUT2D eigenvalue weighted by atomic mass is 9.82. The highest BCUT2D eigenvalue weighted by molar-refractivity contribution is 7.89. The van der Waals surface area contributed by atoms with E-state index in [-0.39, 0.29) is 17.0 Å². The quantitative estimate of drug-likeness (QED) is 0.749. The van der Waals surface area contributed by atoms with Crippen molar-refractivity contribution in [2.45, 2.75) is 17.2 Å². The number of carboxylic acid groups (broad SMARTS) is 1. The molecule has 0 saturated heterocycles. The maximum atomic E-state index is 12.4. The van der Waals surface area contributed by atoms with E-state index in [9.17, 15) is 23.1 Å². The zero-order valence-electron chi connectivity index (χ0n) is 15.3. The zero-order chi connectivity index (χ0) is 20.2. The van der Waals surface area contributed by atoms with E-state index >= 15 is 0 Å². The third kappa shape index (κ3) is 4.35. The largest absolute Gasteiger partial charge is 0.481 e. The van der Waals surface area contributed by atoms with E-state index in [4.69, 9.17) is 0 Å². The van der Waals surface area contributed by atoms with Gasteiger partial charge in [-0.15, -0.1) is 0 Å². The number of hydrogen-bond acceptors (Lipinski definition) is 4. The molecular formula is C19H22N2O5S. The Morgan fingerprint density at radius 2 is 1.59 bits per heavy atom. The normalized spacial score (nSPS) is 13.8. The molecule has 0 aliphatic carbocycles. The number of hydrogen-bond donors (Lipinski definition) is 2. The van der Waals surface area contributed by atoms with Crippen molar-refractivity contribution in [1.29, 1.82) is 0 Å². The van der Waals surface area contributed by atoms with Crippen molar-refractivity contribution >= 4 is 21.9 Å².